The summed E-state index contributed by atoms with van der Waals surface area (Å²) in [6, 6.07) is 17.9. The zero-order valence-corrected chi connectivity index (χ0v) is 18.8. The van der Waals surface area contributed by atoms with Gasteiger partial charge in [0, 0.05) is 37.0 Å². The number of fused-ring (bicyclic) bond motifs is 1. The minimum absolute atomic E-state index is 0.106. The van der Waals surface area contributed by atoms with Gasteiger partial charge in [0.2, 0.25) is 0 Å². The molecule has 166 valence electrons. The molecule has 0 spiro atoms. The van der Waals surface area contributed by atoms with Gasteiger partial charge >= 0.3 is 0 Å². The molecule has 2 unspecified atom stereocenters. The standard InChI is InChI=1S/C27H26N4O2/c1-3-7-24(32)30-16-14-21(18-30)27-29-25(26-19(2)28-15-17-31(26)27)20-10-12-23(13-11-20)33-22-8-5-4-6-9-22/h4-6,8-13,15,17,19,21,28H,14,16,18H2,1-2H3. The number of carbonyl (C=O) groups is 1. The average Bonchev–Trinajstić information content (AvgIpc) is 3.47. The van der Waals surface area contributed by atoms with Gasteiger partial charge in [0.05, 0.1) is 17.4 Å². The summed E-state index contributed by atoms with van der Waals surface area (Å²) in [6.07, 6.45) is 4.88. The van der Waals surface area contributed by atoms with E-state index in [-0.39, 0.29) is 17.9 Å². The molecule has 2 atom stereocenters. The van der Waals surface area contributed by atoms with Gasteiger partial charge in [-0.25, -0.2) is 4.98 Å². The van der Waals surface area contributed by atoms with Gasteiger partial charge in [0.1, 0.15) is 17.3 Å². The summed E-state index contributed by atoms with van der Waals surface area (Å²) in [6.45, 7) is 5.18. The molecule has 1 aromatic heterocycles. The summed E-state index contributed by atoms with van der Waals surface area (Å²) in [7, 11) is 0. The van der Waals surface area contributed by atoms with Crippen LogP contribution in [0.15, 0.2) is 60.8 Å². The first kappa shape index (κ1) is 20.9. The highest BCUT2D eigenvalue weighted by Crippen LogP contribution is 2.37. The summed E-state index contributed by atoms with van der Waals surface area (Å²) in [5.41, 5.74) is 3.12. The number of carbonyl (C=O) groups excluding carboxylic acids is 1. The van der Waals surface area contributed by atoms with Crippen LogP contribution in [-0.2, 0) is 4.79 Å². The predicted octanol–water partition coefficient (Wildman–Crippen LogP) is 4.77. The zero-order valence-electron chi connectivity index (χ0n) is 18.8. The fraction of sp³-hybridized carbons (Fsp3) is 0.259. The highest BCUT2D eigenvalue weighted by atomic mass is 16.5. The Morgan fingerprint density at radius 2 is 1.88 bits per heavy atom. The molecular formula is C27H26N4O2. The van der Waals surface area contributed by atoms with Gasteiger partial charge in [0.25, 0.3) is 5.91 Å². The van der Waals surface area contributed by atoms with Crippen LogP contribution in [-0.4, -0.2) is 33.4 Å². The third-order valence-electron chi connectivity index (χ3n) is 6.13. The maximum absolute atomic E-state index is 12.2. The molecule has 1 amide bonds. The molecule has 0 radical (unpaired) electrons. The number of benzene rings is 2. The van der Waals surface area contributed by atoms with E-state index in [1.165, 1.54) is 0 Å². The van der Waals surface area contributed by atoms with Crippen molar-refractivity contribution in [2.75, 3.05) is 13.1 Å². The number of nitrogens with zero attached hydrogens (tertiary/aromatic N) is 3. The molecule has 2 aliphatic rings. The number of hydrogen-bond acceptors (Lipinski definition) is 4. The lowest BCUT2D eigenvalue weighted by Gasteiger charge is -2.21. The molecule has 0 aliphatic carbocycles. The van der Waals surface area contributed by atoms with Gasteiger partial charge in [-0.3, -0.25) is 4.79 Å². The van der Waals surface area contributed by atoms with Crippen molar-refractivity contribution < 1.29 is 9.53 Å². The molecular weight excluding hydrogens is 412 g/mol. The summed E-state index contributed by atoms with van der Waals surface area (Å²) in [5, 5.41) is 3.39. The topological polar surface area (TPSA) is 59.4 Å². The van der Waals surface area contributed by atoms with Gasteiger partial charge in [-0.05, 0) is 62.6 Å². The molecule has 2 aliphatic heterocycles. The molecule has 0 saturated carbocycles. The van der Waals surface area contributed by atoms with Gasteiger partial charge in [-0.15, -0.1) is 0 Å². The van der Waals surface area contributed by atoms with Crippen molar-refractivity contribution in [1.29, 1.82) is 0 Å². The van der Waals surface area contributed by atoms with Crippen molar-refractivity contribution in [3.05, 3.63) is 72.3 Å². The first-order chi connectivity index (χ1) is 16.1. The van der Waals surface area contributed by atoms with Crippen LogP contribution in [0.3, 0.4) is 0 Å². The third kappa shape index (κ3) is 4.10. The van der Waals surface area contributed by atoms with Crippen molar-refractivity contribution in [3.63, 3.8) is 0 Å². The van der Waals surface area contributed by atoms with E-state index in [1.807, 2.05) is 59.8 Å². The Labute approximate surface area is 193 Å². The van der Waals surface area contributed by atoms with Crippen LogP contribution >= 0.6 is 0 Å². The molecule has 3 heterocycles. The SMILES string of the molecule is CC#CC(=O)N1CCC(c2nc(-c3ccc(Oc4ccccc4)cc3)c3n2C=CNC3C)C1. The zero-order chi connectivity index (χ0) is 22.8. The van der Waals surface area contributed by atoms with Crippen LogP contribution in [0.5, 0.6) is 11.5 Å². The fourth-order valence-corrected chi connectivity index (χ4v) is 4.52. The van der Waals surface area contributed by atoms with Crippen LogP contribution in [0.2, 0.25) is 0 Å². The van der Waals surface area contributed by atoms with Gasteiger partial charge in [-0.1, -0.05) is 24.1 Å². The molecule has 1 saturated heterocycles. The van der Waals surface area contributed by atoms with Crippen LogP contribution in [0, 0.1) is 11.8 Å². The van der Waals surface area contributed by atoms with E-state index in [4.69, 9.17) is 9.72 Å². The second-order valence-corrected chi connectivity index (χ2v) is 8.33. The van der Waals surface area contributed by atoms with E-state index in [9.17, 15) is 4.79 Å². The highest BCUT2D eigenvalue weighted by molar-refractivity contribution is 5.93. The van der Waals surface area contributed by atoms with Gasteiger partial charge in [0.15, 0.2) is 0 Å². The number of imidazole rings is 1. The largest absolute Gasteiger partial charge is 0.457 e. The quantitative estimate of drug-likeness (QED) is 0.596. The van der Waals surface area contributed by atoms with E-state index in [0.29, 0.717) is 13.1 Å². The number of ether oxygens (including phenoxy) is 1. The molecule has 33 heavy (non-hydrogen) atoms. The Morgan fingerprint density at radius 1 is 1.12 bits per heavy atom. The van der Waals surface area contributed by atoms with Crippen LogP contribution in [0.4, 0.5) is 0 Å². The number of amides is 1. The van der Waals surface area contributed by atoms with Gasteiger partial charge < -0.3 is 19.5 Å². The number of likely N-dealkylation sites (tertiary alicyclic amines) is 1. The lowest BCUT2D eigenvalue weighted by atomic mass is 10.1. The van der Waals surface area contributed by atoms with E-state index in [0.717, 1.165) is 40.7 Å². The summed E-state index contributed by atoms with van der Waals surface area (Å²) < 4.78 is 8.14. The second-order valence-electron chi connectivity index (χ2n) is 8.33. The lowest BCUT2D eigenvalue weighted by molar-refractivity contribution is -0.124. The Kier molecular flexibility index (Phi) is 5.62. The second kappa shape index (κ2) is 8.87. The monoisotopic (exact) mass is 438 g/mol. The first-order valence-electron chi connectivity index (χ1n) is 11.2. The summed E-state index contributed by atoms with van der Waals surface area (Å²) >= 11 is 0. The number of para-hydroxylation sites is 1. The number of hydrogen-bond donors (Lipinski definition) is 1. The van der Waals surface area contributed by atoms with Gasteiger partial charge in [-0.2, -0.15) is 0 Å². The Bertz CT molecular complexity index is 1250. The molecule has 2 aromatic carbocycles. The Hall–Kier alpha value is -3.98. The van der Waals surface area contributed by atoms with E-state index < -0.39 is 0 Å². The fourth-order valence-electron chi connectivity index (χ4n) is 4.52. The first-order valence-corrected chi connectivity index (χ1v) is 11.2. The van der Waals surface area contributed by atoms with Crippen molar-refractivity contribution >= 4 is 12.1 Å². The average molecular weight is 439 g/mol. The smallest absolute Gasteiger partial charge is 0.298 e. The molecule has 3 aromatic rings. The summed E-state index contributed by atoms with van der Waals surface area (Å²) in [5.74, 6) is 8.02. The Balaban J connectivity index is 1.45. The van der Waals surface area contributed by atoms with Crippen molar-refractivity contribution in [2.45, 2.75) is 32.2 Å². The van der Waals surface area contributed by atoms with E-state index in [2.05, 4.69) is 40.8 Å². The maximum Gasteiger partial charge on any atom is 0.298 e. The molecule has 1 N–H and O–H groups in total. The minimum Gasteiger partial charge on any atom is -0.457 e. The molecule has 5 rings (SSSR count). The predicted molar refractivity (Wildman–Crippen MR) is 128 cm³/mol. The van der Waals surface area contributed by atoms with Crippen LogP contribution < -0.4 is 10.1 Å². The van der Waals surface area contributed by atoms with Crippen molar-refractivity contribution in [3.8, 4) is 34.6 Å². The molecule has 0 bridgehead atoms. The molecule has 6 nitrogen and oxygen atoms in total. The lowest BCUT2D eigenvalue weighted by Crippen LogP contribution is -2.27. The highest BCUT2D eigenvalue weighted by Gasteiger charge is 2.33. The summed E-state index contributed by atoms with van der Waals surface area (Å²) in [4.78, 5) is 19.2. The van der Waals surface area contributed by atoms with Crippen molar-refractivity contribution in [2.24, 2.45) is 0 Å². The van der Waals surface area contributed by atoms with Crippen molar-refractivity contribution in [1.82, 2.24) is 19.8 Å². The molecule has 6 heteroatoms. The van der Waals surface area contributed by atoms with E-state index in [1.54, 1.807) is 6.92 Å². The van der Waals surface area contributed by atoms with Crippen LogP contribution in [0.1, 0.15) is 43.7 Å². The third-order valence-corrected chi connectivity index (χ3v) is 6.13. The number of aromatic nitrogens is 2. The normalized spacial score (nSPS) is 18.8. The number of nitrogens with one attached hydrogen (secondary N) is 1. The minimum atomic E-state index is -0.106. The molecule has 1 fully saturated rings. The maximum atomic E-state index is 12.2. The number of rotatable bonds is 4. The van der Waals surface area contributed by atoms with Crippen LogP contribution in [0.25, 0.3) is 17.5 Å². The Morgan fingerprint density at radius 3 is 2.64 bits per heavy atom. The van der Waals surface area contributed by atoms with E-state index >= 15 is 0 Å².